The molecule has 4 aromatic rings. The molecular weight excluding hydrogens is 488 g/mol. The van der Waals surface area contributed by atoms with Crippen molar-refractivity contribution in [1.29, 1.82) is 5.26 Å². The van der Waals surface area contributed by atoms with Crippen LogP contribution >= 0.6 is 11.8 Å². The minimum atomic E-state index is -1.03. The van der Waals surface area contributed by atoms with Crippen LogP contribution in [-0.4, -0.2) is 37.4 Å². The van der Waals surface area contributed by atoms with Crippen molar-refractivity contribution in [2.75, 3.05) is 21.3 Å². The van der Waals surface area contributed by atoms with Gasteiger partial charge in [0.25, 0.3) is 0 Å². The molecule has 7 nitrogen and oxygen atoms in total. The largest absolute Gasteiger partial charge is 0.493 e. The van der Waals surface area contributed by atoms with E-state index in [1.54, 1.807) is 36.4 Å². The van der Waals surface area contributed by atoms with Gasteiger partial charge in [0.15, 0.2) is 11.5 Å². The Morgan fingerprint density at radius 2 is 1.49 bits per heavy atom. The molecule has 0 aliphatic carbocycles. The number of hydrogen-bond donors (Lipinski definition) is 1. The fraction of sp³-hybridized carbons (Fsp3) is 0.138. The Hall–Kier alpha value is -4.48. The van der Waals surface area contributed by atoms with Crippen LogP contribution in [0.15, 0.2) is 83.9 Å². The van der Waals surface area contributed by atoms with E-state index in [-0.39, 0.29) is 5.56 Å². The Kier molecular flexibility index (Phi) is 7.96. The van der Waals surface area contributed by atoms with Gasteiger partial charge >= 0.3 is 5.97 Å². The van der Waals surface area contributed by atoms with Gasteiger partial charge in [-0.05, 0) is 29.3 Å². The van der Waals surface area contributed by atoms with E-state index in [4.69, 9.17) is 19.2 Å². The predicted molar refractivity (Wildman–Crippen MR) is 142 cm³/mol. The van der Waals surface area contributed by atoms with Gasteiger partial charge in [0.05, 0.1) is 32.6 Å². The Bertz CT molecular complexity index is 1430. The highest BCUT2D eigenvalue weighted by Gasteiger charge is 2.26. The number of nitrogens with zero attached hydrogens (tertiary/aromatic N) is 2. The molecule has 0 bridgehead atoms. The lowest BCUT2D eigenvalue weighted by atomic mass is 9.98. The molecule has 186 valence electrons. The van der Waals surface area contributed by atoms with E-state index in [1.165, 1.54) is 21.3 Å². The summed E-state index contributed by atoms with van der Waals surface area (Å²) in [4.78, 5) is 17.0. The Labute approximate surface area is 219 Å². The lowest BCUT2D eigenvalue weighted by Crippen LogP contribution is -2.09. The molecule has 1 unspecified atom stereocenters. The molecule has 3 aromatic carbocycles. The number of aliphatic carboxylic acids is 1. The summed E-state index contributed by atoms with van der Waals surface area (Å²) in [5.41, 5.74) is 3.48. The number of pyridine rings is 1. The second kappa shape index (κ2) is 11.5. The van der Waals surface area contributed by atoms with Gasteiger partial charge in [0.1, 0.15) is 16.3 Å². The van der Waals surface area contributed by atoms with Crippen molar-refractivity contribution in [3.8, 4) is 45.7 Å². The Morgan fingerprint density at radius 1 is 0.892 bits per heavy atom. The van der Waals surface area contributed by atoms with Gasteiger partial charge in [-0.15, -0.1) is 0 Å². The fourth-order valence-corrected chi connectivity index (χ4v) is 4.98. The predicted octanol–water partition coefficient (Wildman–Crippen LogP) is 6.23. The van der Waals surface area contributed by atoms with Crippen molar-refractivity contribution in [2.45, 2.75) is 10.3 Å². The summed E-state index contributed by atoms with van der Waals surface area (Å²) in [7, 11) is 4.56. The maximum Gasteiger partial charge on any atom is 0.321 e. The molecule has 0 aliphatic heterocycles. The number of carbonyl (C=O) groups is 1. The molecule has 8 heteroatoms. The minimum absolute atomic E-state index is 0.251. The summed E-state index contributed by atoms with van der Waals surface area (Å²) < 4.78 is 16.5. The van der Waals surface area contributed by atoms with Crippen molar-refractivity contribution in [2.24, 2.45) is 0 Å². The van der Waals surface area contributed by atoms with E-state index in [0.717, 1.165) is 17.3 Å². The zero-order valence-corrected chi connectivity index (χ0v) is 21.3. The van der Waals surface area contributed by atoms with Crippen LogP contribution < -0.4 is 14.2 Å². The molecule has 1 aromatic heterocycles. The van der Waals surface area contributed by atoms with Crippen LogP contribution in [-0.2, 0) is 4.79 Å². The van der Waals surface area contributed by atoms with Crippen LogP contribution in [0.5, 0.6) is 17.2 Å². The van der Waals surface area contributed by atoms with E-state index in [2.05, 4.69) is 6.07 Å². The number of hydrogen-bond acceptors (Lipinski definition) is 7. The number of nitriles is 1. The highest BCUT2D eigenvalue weighted by molar-refractivity contribution is 8.00. The smallest absolute Gasteiger partial charge is 0.321 e. The lowest BCUT2D eigenvalue weighted by molar-refractivity contribution is -0.136. The van der Waals surface area contributed by atoms with Crippen molar-refractivity contribution in [3.63, 3.8) is 0 Å². The van der Waals surface area contributed by atoms with Gasteiger partial charge in [-0.2, -0.15) is 5.26 Å². The third kappa shape index (κ3) is 5.37. The highest BCUT2D eigenvalue weighted by Crippen LogP contribution is 2.45. The summed E-state index contributed by atoms with van der Waals surface area (Å²) in [5.74, 6) is 0.261. The number of thioether (sulfide) groups is 1. The van der Waals surface area contributed by atoms with Gasteiger partial charge in [-0.3, -0.25) is 4.79 Å². The molecule has 37 heavy (non-hydrogen) atoms. The average Bonchev–Trinajstić information content (AvgIpc) is 2.95. The van der Waals surface area contributed by atoms with E-state index in [9.17, 15) is 15.2 Å². The molecule has 4 rings (SSSR count). The minimum Gasteiger partial charge on any atom is -0.493 e. The quantitative estimate of drug-likeness (QED) is 0.263. The van der Waals surface area contributed by atoms with Crippen LogP contribution in [0.1, 0.15) is 16.4 Å². The molecule has 1 N–H and O–H groups in total. The fourth-order valence-electron chi connectivity index (χ4n) is 3.94. The second-order valence-electron chi connectivity index (χ2n) is 7.87. The summed E-state index contributed by atoms with van der Waals surface area (Å²) in [6.07, 6.45) is 0. The first kappa shape index (κ1) is 25.6. The summed E-state index contributed by atoms with van der Waals surface area (Å²) in [6.45, 7) is 0. The summed E-state index contributed by atoms with van der Waals surface area (Å²) >= 11 is 1.03. The Morgan fingerprint density at radius 3 is 2.00 bits per heavy atom. The normalized spacial score (nSPS) is 11.3. The van der Waals surface area contributed by atoms with Crippen molar-refractivity contribution >= 4 is 17.7 Å². The molecule has 0 aliphatic rings. The van der Waals surface area contributed by atoms with Gasteiger partial charge < -0.3 is 19.3 Å². The van der Waals surface area contributed by atoms with Gasteiger partial charge in [0.2, 0.25) is 5.75 Å². The number of methoxy groups -OCH3 is 3. The van der Waals surface area contributed by atoms with Crippen molar-refractivity contribution in [1.82, 2.24) is 4.98 Å². The van der Waals surface area contributed by atoms with Crippen LogP contribution in [0.4, 0.5) is 0 Å². The standard InChI is InChI=1S/C29H24N2O5S/c1-34-24-14-20(15-25(35-2)26(24)36-3)21-16-23(18-10-6-4-7-11-18)31-28(22(21)17-30)37-27(29(32)33)19-12-8-5-9-13-19/h4-16,27H,1-3H3,(H,32,33). The van der Waals surface area contributed by atoms with E-state index in [0.29, 0.717) is 44.7 Å². The molecule has 0 radical (unpaired) electrons. The molecule has 0 spiro atoms. The number of aromatic nitrogens is 1. The summed E-state index contributed by atoms with van der Waals surface area (Å²) in [6, 6.07) is 26.0. The SMILES string of the molecule is COc1cc(-c2cc(-c3ccccc3)nc(SC(C(=O)O)c3ccccc3)c2C#N)cc(OC)c1OC. The zero-order valence-electron chi connectivity index (χ0n) is 20.5. The van der Waals surface area contributed by atoms with E-state index in [1.807, 2.05) is 42.5 Å². The first-order chi connectivity index (χ1) is 18.0. The summed E-state index contributed by atoms with van der Waals surface area (Å²) in [5, 5.41) is 19.7. The van der Waals surface area contributed by atoms with Crippen LogP contribution in [0.25, 0.3) is 22.4 Å². The maximum atomic E-state index is 12.3. The van der Waals surface area contributed by atoms with E-state index < -0.39 is 11.2 Å². The Balaban J connectivity index is 1.97. The van der Waals surface area contributed by atoms with E-state index >= 15 is 0 Å². The third-order valence-electron chi connectivity index (χ3n) is 5.70. The number of carboxylic acid groups (broad SMARTS) is 1. The first-order valence-corrected chi connectivity index (χ1v) is 12.1. The monoisotopic (exact) mass is 512 g/mol. The third-order valence-corrected chi connectivity index (χ3v) is 6.93. The van der Waals surface area contributed by atoms with Gasteiger partial charge in [-0.25, -0.2) is 4.98 Å². The van der Waals surface area contributed by atoms with Crippen molar-refractivity contribution < 1.29 is 24.1 Å². The molecular formula is C29H24N2O5S. The number of carboxylic acids is 1. The van der Waals surface area contributed by atoms with Crippen LogP contribution in [0.3, 0.4) is 0 Å². The number of benzene rings is 3. The first-order valence-electron chi connectivity index (χ1n) is 11.3. The molecule has 0 fully saturated rings. The molecule has 0 saturated heterocycles. The molecule has 1 heterocycles. The highest BCUT2D eigenvalue weighted by atomic mass is 32.2. The molecule has 0 saturated carbocycles. The van der Waals surface area contributed by atoms with Crippen LogP contribution in [0.2, 0.25) is 0 Å². The zero-order chi connectivity index (χ0) is 26.4. The van der Waals surface area contributed by atoms with Crippen molar-refractivity contribution in [3.05, 3.63) is 90.0 Å². The van der Waals surface area contributed by atoms with Gasteiger partial charge in [-0.1, -0.05) is 72.4 Å². The lowest BCUT2D eigenvalue weighted by Gasteiger charge is -2.18. The number of ether oxygens (including phenoxy) is 3. The van der Waals surface area contributed by atoms with Crippen LogP contribution in [0, 0.1) is 11.3 Å². The second-order valence-corrected chi connectivity index (χ2v) is 8.97. The molecule has 0 amide bonds. The number of rotatable bonds is 9. The van der Waals surface area contributed by atoms with Gasteiger partial charge in [0, 0.05) is 11.1 Å². The maximum absolute atomic E-state index is 12.3. The topological polar surface area (TPSA) is 102 Å². The molecule has 1 atom stereocenters. The average molecular weight is 513 g/mol.